The summed E-state index contributed by atoms with van der Waals surface area (Å²) in [4.78, 5) is 4.08. The lowest BCUT2D eigenvalue weighted by atomic mass is 10.0. The van der Waals surface area contributed by atoms with Gasteiger partial charge >= 0.3 is 0 Å². The quantitative estimate of drug-likeness (QED) is 0.737. The van der Waals surface area contributed by atoms with E-state index in [1.807, 2.05) is 30.5 Å². The third-order valence-electron chi connectivity index (χ3n) is 2.49. The van der Waals surface area contributed by atoms with E-state index >= 15 is 0 Å². The fraction of sp³-hybridized carbons (Fsp3) is 0.308. The van der Waals surface area contributed by atoms with Crippen molar-refractivity contribution in [2.75, 3.05) is 0 Å². The molecule has 0 bridgehead atoms. The highest BCUT2D eigenvalue weighted by atomic mass is 16.5. The summed E-state index contributed by atoms with van der Waals surface area (Å²) in [5.74, 6) is 0.360. The summed E-state index contributed by atoms with van der Waals surface area (Å²) in [6.07, 6.45) is 5.89. The van der Waals surface area contributed by atoms with Gasteiger partial charge in [0, 0.05) is 18.3 Å². The maximum absolute atomic E-state index is 5.80. The second-order valence-corrected chi connectivity index (χ2v) is 3.76. The van der Waals surface area contributed by atoms with Crippen LogP contribution in [0, 0.1) is 5.92 Å². The van der Waals surface area contributed by atoms with Gasteiger partial charge in [0.25, 0.3) is 0 Å². The summed E-state index contributed by atoms with van der Waals surface area (Å²) in [5, 5.41) is 0. The Morgan fingerprint density at radius 1 is 1.27 bits per heavy atom. The Bertz CT molecular complexity index is 356. The van der Waals surface area contributed by atoms with Gasteiger partial charge in [0.05, 0.1) is 12.7 Å². The molecule has 0 fully saturated rings. The van der Waals surface area contributed by atoms with Crippen LogP contribution in [0.25, 0.3) is 0 Å². The molecule has 1 aliphatic rings. The van der Waals surface area contributed by atoms with E-state index in [0.29, 0.717) is 12.5 Å². The minimum atomic E-state index is 0.155. The number of hydrogen-bond acceptors (Lipinski definition) is 2. The van der Waals surface area contributed by atoms with E-state index in [0.717, 1.165) is 0 Å². The van der Waals surface area contributed by atoms with Crippen LogP contribution in [0.4, 0.5) is 0 Å². The smallest absolute Gasteiger partial charge is 0.0853 e. The second-order valence-electron chi connectivity index (χ2n) is 3.76. The fourth-order valence-electron chi connectivity index (χ4n) is 1.55. The molecule has 1 aromatic rings. The van der Waals surface area contributed by atoms with E-state index in [-0.39, 0.29) is 6.10 Å². The number of aliphatic imine (C=N–C) groups is 1. The normalized spacial score (nSPS) is 24.3. The molecule has 1 aromatic carbocycles. The van der Waals surface area contributed by atoms with E-state index in [4.69, 9.17) is 4.74 Å². The van der Waals surface area contributed by atoms with Gasteiger partial charge in [0.15, 0.2) is 0 Å². The predicted molar refractivity (Wildman–Crippen MR) is 61.8 cm³/mol. The largest absolute Gasteiger partial charge is 0.369 e. The van der Waals surface area contributed by atoms with Crippen LogP contribution >= 0.6 is 0 Å². The van der Waals surface area contributed by atoms with Gasteiger partial charge in [0.1, 0.15) is 0 Å². The first-order valence-electron chi connectivity index (χ1n) is 5.22. The van der Waals surface area contributed by atoms with Crippen LogP contribution in [0.3, 0.4) is 0 Å². The van der Waals surface area contributed by atoms with Crippen LogP contribution in [0.2, 0.25) is 0 Å². The lowest BCUT2D eigenvalue weighted by molar-refractivity contribution is 0.0546. The molecule has 0 amide bonds. The average molecular weight is 201 g/mol. The second kappa shape index (κ2) is 4.89. The van der Waals surface area contributed by atoms with Gasteiger partial charge in [-0.1, -0.05) is 37.3 Å². The molecule has 2 unspecified atom stereocenters. The molecule has 0 saturated heterocycles. The van der Waals surface area contributed by atoms with Crippen molar-refractivity contribution in [3.05, 3.63) is 48.2 Å². The van der Waals surface area contributed by atoms with E-state index in [2.05, 4.69) is 24.0 Å². The van der Waals surface area contributed by atoms with E-state index < -0.39 is 0 Å². The van der Waals surface area contributed by atoms with Crippen LogP contribution in [0.15, 0.2) is 47.6 Å². The number of nitrogens with zero attached hydrogens (tertiary/aromatic N) is 1. The number of benzene rings is 1. The first-order valence-corrected chi connectivity index (χ1v) is 5.22. The average Bonchev–Trinajstić information content (AvgIpc) is 2.29. The molecule has 0 radical (unpaired) electrons. The summed E-state index contributed by atoms with van der Waals surface area (Å²) in [7, 11) is 0. The van der Waals surface area contributed by atoms with Gasteiger partial charge in [-0.2, -0.15) is 0 Å². The van der Waals surface area contributed by atoms with Crippen molar-refractivity contribution in [2.24, 2.45) is 10.9 Å². The zero-order chi connectivity index (χ0) is 10.5. The summed E-state index contributed by atoms with van der Waals surface area (Å²) >= 11 is 0. The zero-order valence-corrected chi connectivity index (χ0v) is 8.84. The Morgan fingerprint density at radius 3 is 2.80 bits per heavy atom. The SMILES string of the molecule is CC1C=NC=CC1OCc1ccccc1. The standard InChI is InChI=1S/C13H15NO/c1-11-9-14-8-7-13(11)15-10-12-5-3-2-4-6-12/h2-9,11,13H,10H2,1H3. The van der Waals surface area contributed by atoms with Crippen molar-refractivity contribution in [1.29, 1.82) is 0 Å². The molecule has 2 atom stereocenters. The van der Waals surface area contributed by atoms with Crippen molar-refractivity contribution in [3.63, 3.8) is 0 Å². The topological polar surface area (TPSA) is 21.6 Å². The number of ether oxygens (including phenoxy) is 1. The van der Waals surface area contributed by atoms with Gasteiger partial charge in [-0.3, -0.25) is 4.99 Å². The third kappa shape index (κ3) is 2.77. The summed E-state index contributed by atoms with van der Waals surface area (Å²) in [6.45, 7) is 2.77. The predicted octanol–water partition coefficient (Wildman–Crippen LogP) is 2.81. The van der Waals surface area contributed by atoms with Crippen molar-refractivity contribution in [1.82, 2.24) is 0 Å². The molecule has 0 N–H and O–H groups in total. The van der Waals surface area contributed by atoms with E-state index in [1.165, 1.54) is 5.56 Å². The molecule has 15 heavy (non-hydrogen) atoms. The Balaban J connectivity index is 1.89. The minimum absolute atomic E-state index is 0.155. The van der Waals surface area contributed by atoms with Crippen LogP contribution in [0.5, 0.6) is 0 Å². The van der Waals surface area contributed by atoms with Crippen LogP contribution in [0.1, 0.15) is 12.5 Å². The Morgan fingerprint density at radius 2 is 2.07 bits per heavy atom. The van der Waals surface area contributed by atoms with Gasteiger partial charge < -0.3 is 4.74 Å². The molecule has 2 rings (SSSR count). The molecule has 78 valence electrons. The molecule has 0 spiro atoms. The van der Waals surface area contributed by atoms with Crippen LogP contribution in [-0.4, -0.2) is 12.3 Å². The molecule has 0 aromatic heterocycles. The summed E-state index contributed by atoms with van der Waals surface area (Å²) < 4.78 is 5.80. The number of hydrogen-bond donors (Lipinski definition) is 0. The Labute approximate surface area is 90.3 Å². The summed E-state index contributed by atoms with van der Waals surface area (Å²) in [5.41, 5.74) is 1.21. The highest BCUT2D eigenvalue weighted by Crippen LogP contribution is 2.13. The molecule has 2 heteroatoms. The summed E-state index contributed by atoms with van der Waals surface area (Å²) in [6, 6.07) is 10.2. The van der Waals surface area contributed by atoms with Crippen LogP contribution < -0.4 is 0 Å². The van der Waals surface area contributed by atoms with Crippen molar-refractivity contribution >= 4 is 6.21 Å². The van der Waals surface area contributed by atoms with Gasteiger partial charge in [-0.25, -0.2) is 0 Å². The van der Waals surface area contributed by atoms with E-state index in [9.17, 15) is 0 Å². The minimum Gasteiger partial charge on any atom is -0.369 e. The highest BCUT2D eigenvalue weighted by molar-refractivity contribution is 5.63. The highest BCUT2D eigenvalue weighted by Gasteiger charge is 2.14. The Kier molecular flexibility index (Phi) is 3.30. The monoisotopic (exact) mass is 201 g/mol. The molecule has 1 heterocycles. The zero-order valence-electron chi connectivity index (χ0n) is 8.84. The molecular weight excluding hydrogens is 186 g/mol. The number of rotatable bonds is 3. The first-order chi connectivity index (χ1) is 7.36. The maximum Gasteiger partial charge on any atom is 0.0853 e. The molecule has 0 saturated carbocycles. The third-order valence-corrected chi connectivity index (χ3v) is 2.49. The molecule has 0 aliphatic carbocycles. The van der Waals surface area contributed by atoms with Gasteiger partial charge in [0.2, 0.25) is 0 Å². The Hall–Kier alpha value is -1.41. The molecular formula is C13H15NO. The van der Waals surface area contributed by atoms with Crippen molar-refractivity contribution in [3.8, 4) is 0 Å². The maximum atomic E-state index is 5.80. The van der Waals surface area contributed by atoms with Crippen molar-refractivity contribution < 1.29 is 4.74 Å². The molecule has 1 aliphatic heterocycles. The molecule has 2 nitrogen and oxygen atoms in total. The lowest BCUT2D eigenvalue weighted by Gasteiger charge is -2.20. The lowest BCUT2D eigenvalue weighted by Crippen LogP contribution is -2.22. The van der Waals surface area contributed by atoms with Gasteiger partial charge in [-0.05, 0) is 11.6 Å². The van der Waals surface area contributed by atoms with Gasteiger partial charge in [-0.15, -0.1) is 0 Å². The first kappa shape index (κ1) is 10.1. The van der Waals surface area contributed by atoms with Crippen LogP contribution in [-0.2, 0) is 11.3 Å². The van der Waals surface area contributed by atoms with E-state index in [1.54, 1.807) is 6.20 Å². The van der Waals surface area contributed by atoms with Crippen molar-refractivity contribution in [2.45, 2.75) is 19.6 Å². The fourth-order valence-corrected chi connectivity index (χ4v) is 1.55.